The number of hydrogen-bond acceptors (Lipinski definition) is 2. The van der Waals surface area contributed by atoms with Crippen LogP contribution in [0.15, 0.2) is 29.3 Å². The molecule has 1 saturated carbocycles. The Morgan fingerprint density at radius 2 is 2.25 bits per heavy atom. The Balaban J connectivity index is 1.72. The number of nitrogens with one attached hydrogen (secondary N) is 1. The molecule has 2 fully saturated rings. The van der Waals surface area contributed by atoms with E-state index in [2.05, 4.69) is 38.2 Å². The van der Waals surface area contributed by atoms with Crippen molar-refractivity contribution >= 4 is 11.6 Å². The molecule has 3 rings (SSSR count). The Morgan fingerprint density at radius 1 is 1.45 bits per heavy atom. The number of aryl methyl sites for hydroxylation is 1. The first kappa shape index (κ1) is 13.4. The van der Waals surface area contributed by atoms with E-state index in [0.29, 0.717) is 18.0 Å². The Hall–Kier alpha value is -1.55. The van der Waals surface area contributed by atoms with Crippen LogP contribution in [0, 0.1) is 18.3 Å². The molecule has 3 atom stereocenters. The van der Waals surface area contributed by atoms with E-state index in [0.717, 1.165) is 18.7 Å². The summed E-state index contributed by atoms with van der Waals surface area (Å²) in [7, 11) is 0. The molecule has 1 saturated heterocycles. The third kappa shape index (κ3) is 2.18. The van der Waals surface area contributed by atoms with Gasteiger partial charge in [-0.2, -0.15) is 0 Å². The monoisotopic (exact) mass is 273 g/mol. The first-order valence-corrected chi connectivity index (χ1v) is 7.27. The van der Waals surface area contributed by atoms with Crippen LogP contribution in [0.25, 0.3) is 0 Å². The van der Waals surface area contributed by atoms with Gasteiger partial charge in [0.1, 0.15) is 0 Å². The molecule has 0 aromatic heterocycles. The minimum absolute atomic E-state index is 0.0834. The Morgan fingerprint density at radius 3 is 3.00 bits per heavy atom. The molecule has 1 heterocycles. The van der Waals surface area contributed by atoms with Crippen molar-refractivity contribution in [2.45, 2.75) is 39.3 Å². The van der Waals surface area contributed by atoms with E-state index in [1.807, 2.05) is 12.1 Å². The summed E-state index contributed by atoms with van der Waals surface area (Å²) in [6, 6.07) is 8.40. The SMILES string of the molecule is Cc1cccc(NC(N)=NC2C3CCOC3C2(C)C)c1. The van der Waals surface area contributed by atoms with E-state index in [1.54, 1.807) is 0 Å². The number of ether oxygens (including phenoxy) is 1. The number of nitrogens with zero attached hydrogens (tertiary/aromatic N) is 1. The van der Waals surface area contributed by atoms with Crippen LogP contribution in [0.4, 0.5) is 5.69 Å². The average Bonchev–Trinajstić information content (AvgIpc) is 2.83. The molecule has 108 valence electrons. The zero-order valence-corrected chi connectivity index (χ0v) is 12.4. The molecule has 0 amide bonds. The van der Waals surface area contributed by atoms with Crippen molar-refractivity contribution in [3.63, 3.8) is 0 Å². The van der Waals surface area contributed by atoms with Gasteiger partial charge in [0.05, 0.1) is 12.1 Å². The molecule has 0 bridgehead atoms. The van der Waals surface area contributed by atoms with Gasteiger partial charge in [-0.15, -0.1) is 0 Å². The van der Waals surface area contributed by atoms with Gasteiger partial charge >= 0.3 is 0 Å². The summed E-state index contributed by atoms with van der Waals surface area (Å²) < 4.78 is 5.78. The van der Waals surface area contributed by atoms with Crippen LogP contribution in [-0.2, 0) is 4.74 Å². The number of aliphatic imine (C=N–C) groups is 1. The minimum atomic E-state index is 0.0834. The highest BCUT2D eigenvalue weighted by Crippen LogP contribution is 2.53. The second-order valence-corrected chi connectivity index (χ2v) is 6.52. The molecule has 20 heavy (non-hydrogen) atoms. The smallest absolute Gasteiger partial charge is 0.193 e. The third-order valence-electron chi connectivity index (χ3n) is 4.61. The molecule has 1 aromatic carbocycles. The number of hydrogen-bond donors (Lipinski definition) is 2. The summed E-state index contributed by atoms with van der Waals surface area (Å²) in [4.78, 5) is 4.71. The van der Waals surface area contributed by atoms with Crippen molar-refractivity contribution in [1.82, 2.24) is 0 Å². The first-order chi connectivity index (χ1) is 9.48. The molecule has 3 unspecified atom stereocenters. The van der Waals surface area contributed by atoms with E-state index < -0.39 is 0 Å². The zero-order chi connectivity index (χ0) is 14.3. The number of fused-ring (bicyclic) bond motifs is 1. The lowest BCUT2D eigenvalue weighted by molar-refractivity contribution is -0.0985. The highest BCUT2D eigenvalue weighted by molar-refractivity contribution is 5.92. The Labute approximate surface area is 120 Å². The van der Waals surface area contributed by atoms with E-state index in [-0.39, 0.29) is 11.5 Å². The fourth-order valence-electron chi connectivity index (χ4n) is 3.61. The van der Waals surface area contributed by atoms with Crippen LogP contribution >= 0.6 is 0 Å². The van der Waals surface area contributed by atoms with Crippen molar-refractivity contribution in [3.05, 3.63) is 29.8 Å². The van der Waals surface area contributed by atoms with Gasteiger partial charge in [0.2, 0.25) is 0 Å². The number of benzene rings is 1. The molecule has 0 spiro atoms. The number of rotatable bonds is 2. The van der Waals surface area contributed by atoms with E-state index >= 15 is 0 Å². The normalized spacial score (nSPS) is 31.6. The van der Waals surface area contributed by atoms with Gasteiger partial charge in [-0.1, -0.05) is 26.0 Å². The van der Waals surface area contributed by atoms with Crippen LogP contribution in [-0.4, -0.2) is 24.7 Å². The van der Waals surface area contributed by atoms with Gasteiger partial charge in [-0.25, -0.2) is 4.99 Å². The highest BCUT2D eigenvalue weighted by atomic mass is 16.5. The number of anilines is 1. The summed E-state index contributed by atoms with van der Waals surface area (Å²) in [6.45, 7) is 7.35. The molecular weight excluding hydrogens is 250 g/mol. The van der Waals surface area contributed by atoms with Crippen LogP contribution in [0.1, 0.15) is 25.8 Å². The fraction of sp³-hybridized carbons (Fsp3) is 0.562. The van der Waals surface area contributed by atoms with Gasteiger partial charge in [-0.05, 0) is 31.0 Å². The molecule has 0 radical (unpaired) electrons. The van der Waals surface area contributed by atoms with Gasteiger partial charge in [0.15, 0.2) is 5.96 Å². The molecular formula is C16H23N3O. The standard InChI is InChI=1S/C16H23N3O/c1-10-5-4-6-11(9-10)18-15(17)19-13-12-7-8-20-14(12)16(13,2)3/h4-6,9,12-14H,7-8H2,1-3H3,(H3,17,18,19). The van der Waals surface area contributed by atoms with Crippen molar-refractivity contribution in [2.75, 3.05) is 11.9 Å². The lowest BCUT2D eigenvalue weighted by Crippen LogP contribution is -2.59. The molecule has 4 heteroatoms. The van der Waals surface area contributed by atoms with E-state index in [1.165, 1.54) is 5.56 Å². The lowest BCUT2D eigenvalue weighted by atomic mass is 9.57. The second kappa shape index (κ2) is 4.77. The summed E-state index contributed by atoms with van der Waals surface area (Å²) in [5.41, 5.74) is 8.34. The largest absolute Gasteiger partial charge is 0.377 e. The van der Waals surface area contributed by atoms with Gasteiger partial charge in [0.25, 0.3) is 0 Å². The molecule has 1 aliphatic heterocycles. The summed E-state index contributed by atoms with van der Waals surface area (Å²) in [5.74, 6) is 1.03. The van der Waals surface area contributed by atoms with Crippen molar-refractivity contribution < 1.29 is 4.74 Å². The van der Waals surface area contributed by atoms with Gasteiger partial charge in [-0.3, -0.25) is 0 Å². The second-order valence-electron chi connectivity index (χ2n) is 6.52. The Kier molecular flexibility index (Phi) is 3.21. The van der Waals surface area contributed by atoms with Crippen LogP contribution in [0.2, 0.25) is 0 Å². The maximum atomic E-state index is 6.07. The third-order valence-corrected chi connectivity index (χ3v) is 4.61. The van der Waals surface area contributed by atoms with Crippen LogP contribution in [0.5, 0.6) is 0 Å². The highest BCUT2D eigenvalue weighted by Gasteiger charge is 2.59. The van der Waals surface area contributed by atoms with E-state index in [9.17, 15) is 0 Å². The maximum absolute atomic E-state index is 6.07. The number of guanidine groups is 1. The predicted molar refractivity (Wildman–Crippen MR) is 81.8 cm³/mol. The molecule has 2 aliphatic rings. The average molecular weight is 273 g/mol. The van der Waals surface area contributed by atoms with Gasteiger partial charge < -0.3 is 15.8 Å². The lowest BCUT2D eigenvalue weighted by Gasteiger charge is -2.52. The maximum Gasteiger partial charge on any atom is 0.193 e. The first-order valence-electron chi connectivity index (χ1n) is 7.27. The topological polar surface area (TPSA) is 59.6 Å². The van der Waals surface area contributed by atoms with Crippen molar-refractivity contribution in [3.8, 4) is 0 Å². The number of nitrogens with two attached hydrogens (primary N) is 1. The molecule has 3 N–H and O–H groups in total. The Bertz CT molecular complexity index is 538. The summed E-state index contributed by atoms with van der Waals surface area (Å²) in [6.07, 6.45) is 1.45. The minimum Gasteiger partial charge on any atom is -0.377 e. The summed E-state index contributed by atoms with van der Waals surface area (Å²) in [5, 5.41) is 3.19. The van der Waals surface area contributed by atoms with Crippen molar-refractivity contribution in [2.24, 2.45) is 22.1 Å². The van der Waals surface area contributed by atoms with Crippen molar-refractivity contribution in [1.29, 1.82) is 0 Å². The molecule has 4 nitrogen and oxygen atoms in total. The molecule has 1 aromatic rings. The molecule has 1 aliphatic carbocycles. The predicted octanol–water partition coefficient (Wildman–Crippen LogP) is 2.54. The van der Waals surface area contributed by atoms with E-state index in [4.69, 9.17) is 15.5 Å². The van der Waals surface area contributed by atoms with Gasteiger partial charge in [0, 0.05) is 23.6 Å². The summed E-state index contributed by atoms with van der Waals surface area (Å²) >= 11 is 0. The quantitative estimate of drug-likeness (QED) is 0.643. The van der Waals surface area contributed by atoms with Crippen LogP contribution in [0.3, 0.4) is 0 Å². The zero-order valence-electron chi connectivity index (χ0n) is 12.4. The fourth-order valence-corrected chi connectivity index (χ4v) is 3.61. The van der Waals surface area contributed by atoms with Crippen LogP contribution < -0.4 is 11.1 Å².